The summed E-state index contributed by atoms with van der Waals surface area (Å²) in [5.41, 5.74) is 7.03. The zero-order valence-electron chi connectivity index (χ0n) is 11.6. The molecule has 20 heavy (non-hydrogen) atoms. The minimum absolute atomic E-state index is 0.332. The highest BCUT2D eigenvalue weighted by atomic mass is 19.1. The number of nitrogens with zero attached hydrogens (tertiary/aromatic N) is 3. The molecule has 1 saturated carbocycles. The van der Waals surface area contributed by atoms with Gasteiger partial charge in [0.05, 0.1) is 0 Å². The van der Waals surface area contributed by atoms with Gasteiger partial charge in [0, 0.05) is 24.2 Å². The van der Waals surface area contributed by atoms with Crippen LogP contribution in [0.15, 0.2) is 18.2 Å². The van der Waals surface area contributed by atoms with Crippen LogP contribution in [-0.4, -0.2) is 14.8 Å². The Balaban J connectivity index is 1.95. The molecule has 0 saturated heterocycles. The minimum Gasteiger partial charge on any atom is -0.398 e. The minimum atomic E-state index is -0.332. The monoisotopic (exact) mass is 274 g/mol. The van der Waals surface area contributed by atoms with E-state index >= 15 is 0 Å². The fraction of sp³-hybridized carbons (Fsp3) is 0.467. The van der Waals surface area contributed by atoms with E-state index in [2.05, 4.69) is 10.1 Å². The molecule has 1 aromatic carbocycles. The van der Waals surface area contributed by atoms with Crippen molar-refractivity contribution in [3.63, 3.8) is 0 Å². The highest BCUT2D eigenvalue weighted by Crippen LogP contribution is 2.32. The average Bonchev–Trinajstić information content (AvgIpc) is 2.82. The van der Waals surface area contributed by atoms with Crippen molar-refractivity contribution >= 4 is 5.69 Å². The molecule has 1 heterocycles. The van der Waals surface area contributed by atoms with E-state index in [1.807, 2.05) is 7.05 Å². The second kappa shape index (κ2) is 5.23. The lowest BCUT2D eigenvalue weighted by Gasteiger charge is -2.18. The summed E-state index contributed by atoms with van der Waals surface area (Å²) in [6.45, 7) is 0. The number of aryl methyl sites for hydroxylation is 1. The smallest absolute Gasteiger partial charge is 0.160 e. The summed E-state index contributed by atoms with van der Waals surface area (Å²) in [4.78, 5) is 4.64. The molecular formula is C15H19FN4. The number of anilines is 1. The van der Waals surface area contributed by atoms with Crippen LogP contribution in [0.5, 0.6) is 0 Å². The van der Waals surface area contributed by atoms with Gasteiger partial charge in [0.1, 0.15) is 5.82 Å². The molecule has 0 atom stereocenters. The van der Waals surface area contributed by atoms with Gasteiger partial charge in [0.25, 0.3) is 0 Å². The standard InChI is InChI=1S/C15H19FN4/c1-20-15(12-8-7-11(16)9-13(12)17)18-14(19-20)10-5-3-2-4-6-10/h7-10H,2-6,17H2,1H3. The predicted octanol–water partition coefficient (Wildman–Crippen LogP) is 3.25. The Morgan fingerprint density at radius 3 is 2.70 bits per heavy atom. The second-order valence-corrected chi connectivity index (χ2v) is 5.48. The molecule has 106 valence electrons. The largest absolute Gasteiger partial charge is 0.398 e. The number of halogens is 1. The van der Waals surface area contributed by atoms with E-state index in [9.17, 15) is 4.39 Å². The summed E-state index contributed by atoms with van der Waals surface area (Å²) in [6.07, 6.45) is 6.11. The van der Waals surface area contributed by atoms with Crippen LogP contribution in [0, 0.1) is 5.82 Å². The molecule has 4 nitrogen and oxygen atoms in total. The first kappa shape index (κ1) is 13.1. The Hall–Kier alpha value is -1.91. The van der Waals surface area contributed by atoms with Gasteiger partial charge in [0.15, 0.2) is 11.6 Å². The number of nitrogen functional groups attached to an aromatic ring is 1. The Morgan fingerprint density at radius 1 is 1.25 bits per heavy atom. The summed E-state index contributed by atoms with van der Waals surface area (Å²) in [5.74, 6) is 1.72. The van der Waals surface area contributed by atoms with Crippen molar-refractivity contribution < 1.29 is 4.39 Å². The Morgan fingerprint density at radius 2 is 2.00 bits per heavy atom. The summed E-state index contributed by atoms with van der Waals surface area (Å²) >= 11 is 0. The molecule has 1 aliphatic rings. The number of aromatic nitrogens is 3. The molecule has 3 rings (SSSR count). The van der Waals surface area contributed by atoms with Crippen molar-refractivity contribution in [3.8, 4) is 11.4 Å². The zero-order valence-corrected chi connectivity index (χ0v) is 11.6. The van der Waals surface area contributed by atoms with Gasteiger partial charge in [-0.25, -0.2) is 14.1 Å². The van der Waals surface area contributed by atoms with Gasteiger partial charge in [-0.05, 0) is 31.0 Å². The maximum absolute atomic E-state index is 13.1. The van der Waals surface area contributed by atoms with E-state index < -0.39 is 0 Å². The number of benzene rings is 1. The van der Waals surface area contributed by atoms with Crippen LogP contribution in [0.3, 0.4) is 0 Å². The molecular weight excluding hydrogens is 255 g/mol. The topological polar surface area (TPSA) is 56.7 Å². The van der Waals surface area contributed by atoms with Crippen molar-refractivity contribution in [1.82, 2.24) is 14.8 Å². The highest BCUT2D eigenvalue weighted by molar-refractivity contribution is 5.71. The van der Waals surface area contributed by atoms with Crippen LogP contribution in [0.4, 0.5) is 10.1 Å². The van der Waals surface area contributed by atoms with Crippen LogP contribution in [0.1, 0.15) is 43.8 Å². The SMILES string of the molecule is Cn1nc(C2CCCCC2)nc1-c1ccc(F)cc1N. The third kappa shape index (κ3) is 2.40. The molecule has 2 aromatic rings. The third-order valence-electron chi connectivity index (χ3n) is 4.00. The first-order valence-electron chi connectivity index (χ1n) is 7.11. The Labute approximate surface area is 117 Å². The molecule has 2 N–H and O–H groups in total. The summed E-state index contributed by atoms with van der Waals surface area (Å²) in [5, 5.41) is 4.53. The molecule has 5 heteroatoms. The van der Waals surface area contributed by atoms with Crippen LogP contribution in [0.2, 0.25) is 0 Å². The quantitative estimate of drug-likeness (QED) is 0.855. The summed E-state index contributed by atoms with van der Waals surface area (Å²) in [6, 6.07) is 4.39. The van der Waals surface area contributed by atoms with Crippen molar-refractivity contribution in [2.45, 2.75) is 38.0 Å². The normalized spacial score (nSPS) is 16.5. The molecule has 1 fully saturated rings. The third-order valence-corrected chi connectivity index (χ3v) is 4.00. The van der Waals surface area contributed by atoms with Gasteiger partial charge in [0.2, 0.25) is 0 Å². The van der Waals surface area contributed by atoms with E-state index in [0.717, 1.165) is 24.2 Å². The number of hydrogen-bond acceptors (Lipinski definition) is 3. The first-order valence-corrected chi connectivity index (χ1v) is 7.11. The molecule has 0 aliphatic heterocycles. The lowest BCUT2D eigenvalue weighted by Crippen LogP contribution is -2.06. The lowest BCUT2D eigenvalue weighted by atomic mass is 9.89. The van der Waals surface area contributed by atoms with Gasteiger partial charge in [-0.15, -0.1) is 0 Å². The first-order chi connectivity index (χ1) is 9.65. The van der Waals surface area contributed by atoms with Gasteiger partial charge < -0.3 is 5.73 Å². The van der Waals surface area contributed by atoms with Crippen molar-refractivity contribution in [2.75, 3.05) is 5.73 Å². The average molecular weight is 274 g/mol. The van der Waals surface area contributed by atoms with Gasteiger partial charge in [-0.1, -0.05) is 19.3 Å². The van der Waals surface area contributed by atoms with Crippen molar-refractivity contribution in [2.24, 2.45) is 7.05 Å². The van der Waals surface area contributed by atoms with Crippen LogP contribution < -0.4 is 5.73 Å². The second-order valence-electron chi connectivity index (χ2n) is 5.48. The van der Waals surface area contributed by atoms with E-state index in [-0.39, 0.29) is 5.82 Å². The maximum atomic E-state index is 13.1. The van der Waals surface area contributed by atoms with E-state index in [0.29, 0.717) is 17.4 Å². The fourth-order valence-electron chi connectivity index (χ4n) is 2.91. The molecule has 0 bridgehead atoms. The van der Waals surface area contributed by atoms with Crippen LogP contribution in [-0.2, 0) is 7.05 Å². The van der Waals surface area contributed by atoms with Crippen molar-refractivity contribution in [3.05, 3.63) is 29.8 Å². The van der Waals surface area contributed by atoms with Gasteiger partial charge in [-0.3, -0.25) is 0 Å². The number of hydrogen-bond donors (Lipinski definition) is 1. The van der Waals surface area contributed by atoms with Crippen LogP contribution in [0.25, 0.3) is 11.4 Å². The molecule has 0 unspecified atom stereocenters. The van der Waals surface area contributed by atoms with Gasteiger partial charge in [-0.2, -0.15) is 5.10 Å². The van der Waals surface area contributed by atoms with Crippen LogP contribution >= 0.6 is 0 Å². The molecule has 1 aromatic heterocycles. The maximum Gasteiger partial charge on any atom is 0.160 e. The number of nitrogens with two attached hydrogens (primary N) is 1. The van der Waals surface area contributed by atoms with E-state index in [4.69, 9.17) is 5.73 Å². The predicted molar refractivity (Wildman–Crippen MR) is 76.6 cm³/mol. The van der Waals surface area contributed by atoms with E-state index in [1.54, 1.807) is 10.7 Å². The molecule has 0 amide bonds. The Bertz CT molecular complexity index is 614. The van der Waals surface area contributed by atoms with Crippen molar-refractivity contribution in [1.29, 1.82) is 0 Å². The Kier molecular flexibility index (Phi) is 3.42. The lowest BCUT2D eigenvalue weighted by molar-refractivity contribution is 0.427. The van der Waals surface area contributed by atoms with E-state index in [1.165, 1.54) is 31.4 Å². The zero-order chi connectivity index (χ0) is 14.1. The highest BCUT2D eigenvalue weighted by Gasteiger charge is 2.21. The molecule has 0 spiro atoms. The van der Waals surface area contributed by atoms with Gasteiger partial charge >= 0.3 is 0 Å². The summed E-state index contributed by atoms with van der Waals surface area (Å²) < 4.78 is 14.9. The molecule has 0 radical (unpaired) electrons. The molecule has 1 aliphatic carbocycles. The fourth-order valence-corrected chi connectivity index (χ4v) is 2.91. The number of rotatable bonds is 2. The summed E-state index contributed by atoms with van der Waals surface area (Å²) in [7, 11) is 1.86.